The van der Waals surface area contributed by atoms with Crippen molar-refractivity contribution in [2.24, 2.45) is 0 Å². The van der Waals surface area contributed by atoms with Crippen LogP contribution in [0, 0.1) is 0 Å². The fraction of sp³-hybridized carbons (Fsp3) is 1.00. The molecule has 0 radical (unpaired) electrons. The highest BCUT2D eigenvalue weighted by Crippen LogP contribution is 2.12. The first-order chi connectivity index (χ1) is 4.48. The molecule has 0 saturated heterocycles. The molecule has 0 atom stereocenters. The van der Waals surface area contributed by atoms with E-state index in [1.807, 2.05) is 0 Å². The molecule has 0 aliphatic heterocycles. The van der Waals surface area contributed by atoms with E-state index in [2.05, 4.69) is 33.1 Å². The van der Waals surface area contributed by atoms with E-state index in [0.29, 0.717) is 0 Å². The standard InChI is InChI=1S/C7H20OSi2/c1-6-8-10(4,5)7-9(2)3/h9H,6-7H2,1-5H3. The van der Waals surface area contributed by atoms with E-state index in [-0.39, 0.29) is 0 Å². The molecule has 0 heterocycles. The van der Waals surface area contributed by atoms with Crippen molar-refractivity contribution >= 4 is 17.1 Å². The lowest BCUT2D eigenvalue weighted by molar-refractivity contribution is 0.332. The molecular weight excluding hydrogens is 156 g/mol. The molecule has 0 aromatic rings. The summed E-state index contributed by atoms with van der Waals surface area (Å²) in [5.74, 6) is 0. The van der Waals surface area contributed by atoms with Gasteiger partial charge >= 0.3 is 0 Å². The third-order valence-corrected chi connectivity index (χ3v) is 9.70. The lowest BCUT2D eigenvalue weighted by atomic mass is 10.9. The average Bonchev–Trinajstić information content (AvgIpc) is 1.59. The Hall–Kier alpha value is 0.394. The number of hydrogen-bond acceptors (Lipinski definition) is 1. The highest BCUT2D eigenvalue weighted by atomic mass is 28.4. The van der Waals surface area contributed by atoms with Crippen molar-refractivity contribution in [3.8, 4) is 0 Å². The van der Waals surface area contributed by atoms with Crippen molar-refractivity contribution in [2.45, 2.75) is 38.8 Å². The zero-order valence-electron chi connectivity index (χ0n) is 7.90. The van der Waals surface area contributed by atoms with Gasteiger partial charge in [-0.05, 0) is 25.7 Å². The zero-order chi connectivity index (χ0) is 8.20. The summed E-state index contributed by atoms with van der Waals surface area (Å²) in [6.07, 6.45) is 0. The lowest BCUT2D eigenvalue weighted by Crippen LogP contribution is -2.34. The average molecular weight is 176 g/mol. The molecule has 0 aromatic carbocycles. The summed E-state index contributed by atoms with van der Waals surface area (Å²) < 4.78 is 5.71. The van der Waals surface area contributed by atoms with Gasteiger partial charge in [0, 0.05) is 15.4 Å². The van der Waals surface area contributed by atoms with Crippen molar-refractivity contribution in [3.05, 3.63) is 0 Å². The van der Waals surface area contributed by atoms with Gasteiger partial charge in [0.1, 0.15) is 0 Å². The van der Waals surface area contributed by atoms with E-state index < -0.39 is 17.1 Å². The minimum Gasteiger partial charge on any atom is -0.418 e. The first kappa shape index (κ1) is 10.4. The van der Waals surface area contributed by atoms with Gasteiger partial charge < -0.3 is 4.43 Å². The molecule has 0 aromatic heterocycles. The smallest absolute Gasteiger partial charge is 0.183 e. The molecule has 62 valence electrons. The van der Waals surface area contributed by atoms with E-state index in [4.69, 9.17) is 4.43 Å². The maximum absolute atomic E-state index is 5.71. The van der Waals surface area contributed by atoms with Crippen LogP contribution in [-0.4, -0.2) is 23.7 Å². The largest absolute Gasteiger partial charge is 0.418 e. The van der Waals surface area contributed by atoms with E-state index >= 15 is 0 Å². The Balaban J connectivity index is 3.63. The Morgan fingerprint density at radius 3 is 2.10 bits per heavy atom. The topological polar surface area (TPSA) is 9.23 Å². The van der Waals surface area contributed by atoms with E-state index in [0.717, 1.165) is 6.61 Å². The second kappa shape index (κ2) is 4.31. The molecule has 0 fully saturated rings. The van der Waals surface area contributed by atoms with Gasteiger partial charge in [0.25, 0.3) is 0 Å². The van der Waals surface area contributed by atoms with E-state index in [1.54, 1.807) is 0 Å². The molecule has 10 heavy (non-hydrogen) atoms. The molecule has 1 nitrogen and oxygen atoms in total. The maximum Gasteiger partial charge on any atom is 0.183 e. The number of hydrogen-bond donors (Lipinski definition) is 0. The summed E-state index contributed by atoms with van der Waals surface area (Å²) >= 11 is 0. The van der Waals surface area contributed by atoms with Crippen LogP contribution in [0.5, 0.6) is 0 Å². The summed E-state index contributed by atoms with van der Waals surface area (Å²) in [4.78, 5) is 0. The summed E-state index contributed by atoms with van der Waals surface area (Å²) in [7, 11) is -1.60. The van der Waals surface area contributed by atoms with Crippen LogP contribution in [0.2, 0.25) is 31.9 Å². The Morgan fingerprint density at radius 2 is 1.80 bits per heavy atom. The molecule has 0 saturated carbocycles. The summed E-state index contributed by atoms with van der Waals surface area (Å²) in [6.45, 7) is 12.4. The van der Waals surface area contributed by atoms with Gasteiger partial charge in [-0.15, -0.1) is 0 Å². The first-order valence-corrected chi connectivity index (χ1v) is 10.4. The van der Waals surface area contributed by atoms with Gasteiger partial charge in [0.05, 0.1) is 0 Å². The fourth-order valence-corrected chi connectivity index (χ4v) is 10.6. The first-order valence-electron chi connectivity index (χ1n) is 4.12. The van der Waals surface area contributed by atoms with Crippen LogP contribution < -0.4 is 0 Å². The van der Waals surface area contributed by atoms with Crippen molar-refractivity contribution in [2.75, 3.05) is 6.61 Å². The van der Waals surface area contributed by atoms with Gasteiger partial charge in [-0.3, -0.25) is 0 Å². The molecule has 0 N–H and O–H groups in total. The van der Waals surface area contributed by atoms with Crippen LogP contribution in [0.4, 0.5) is 0 Å². The molecule has 0 rings (SSSR count). The molecular formula is C7H20OSi2. The molecule has 0 aliphatic rings. The Morgan fingerprint density at radius 1 is 1.30 bits per heavy atom. The second-order valence-corrected chi connectivity index (χ2v) is 12.0. The third-order valence-electron chi connectivity index (χ3n) is 1.43. The molecule has 3 heteroatoms. The van der Waals surface area contributed by atoms with Gasteiger partial charge in [0.15, 0.2) is 8.32 Å². The summed E-state index contributed by atoms with van der Waals surface area (Å²) in [5.41, 5.74) is 1.42. The monoisotopic (exact) mass is 176 g/mol. The highest BCUT2D eigenvalue weighted by Gasteiger charge is 2.22. The fourth-order valence-electron chi connectivity index (χ4n) is 1.43. The Bertz CT molecular complexity index is 91.6. The SMILES string of the molecule is CCO[Si](C)(C)C[SiH](C)C. The van der Waals surface area contributed by atoms with Gasteiger partial charge in [0.2, 0.25) is 0 Å². The zero-order valence-corrected chi connectivity index (χ0v) is 10.1. The predicted octanol–water partition coefficient (Wildman–Crippen LogP) is 2.25. The number of rotatable bonds is 4. The normalized spacial score (nSPS) is 12.6. The molecule has 0 amide bonds. The lowest BCUT2D eigenvalue weighted by Gasteiger charge is -2.23. The van der Waals surface area contributed by atoms with Crippen LogP contribution >= 0.6 is 0 Å². The van der Waals surface area contributed by atoms with Crippen LogP contribution in [0.3, 0.4) is 0 Å². The van der Waals surface area contributed by atoms with E-state index in [9.17, 15) is 0 Å². The maximum atomic E-state index is 5.71. The van der Waals surface area contributed by atoms with E-state index in [1.165, 1.54) is 5.67 Å². The van der Waals surface area contributed by atoms with Crippen LogP contribution in [-0.2, 0) is 4.43 Å². The minimum absolute atomic E-state index is 0.390. The third kappa shape index (κ3) is 5.20. The molecule has 0 unspecified atom stereocenters. The summed E-state index contributed by atoms with van der Waals surface area (Å²) in [5, 5.41) is 0. The van der Waals surface area contributed by atoms with Gasteiger partial charge in [-0.1, -0.05) is 13.1 Å². The minimum atomic E-state index is -1.20. The quantitative estimate of drug-likeness (QED) is 0.597. The van der Waals surface area contributed by atoms with Crippen molar-refractivity contribution in [1.82, 2.24) is 0 Å². The summed E-state index contributed by atoms with van der Waals surface area (Å²) in [6, 6.07) is 0. The van der Waals surface area contributed by atoms with Crippen molar-refractivity contribution in [1.29, 1.82) is 0 Å². The Labute approximate surface area is 67.5 Å². The van der Waals surface area contributed by atoms with Crippen LogP contribution in [0.1, 0.15) is 6.92 Å². The van der Waals surface area contributed by atoms with Crippen LogP contribution in [0.25, 0.3) is 0 Å². The van der Waals surface area contributed by atoms with Crippen LogP contribution in [0.15, 0.2) is 0 Å². The predicted molar refractivity (Wildman–Crippen MR) is 52.8 cm³/mol. The van der Waals surface area contributed by atoms with Crippen molar-refractivity contribution < 1.29 is 4.43 Å². The highest BCUT2D eigenvalue weighted by molar-refractivity contribution is 6.83. The molecule has 0 aliphatic carbocycles. The molecule has 0 spiro atoms. The van der Waals surface area contributed by atoms with Crippen molar-refractivity contribution in [3.63, 3.8) is 0 Å². The van der Waals surface area contributed by atoms with Gasteiger partial charge in [-0.25, -0.2) is 0 Å². The van der Waals surface area contributed by atoms with Gasteiger partial charge in [-0.2, -0.15) is 0 Å². The Kier molecular flexibility index (Phi) is 4.48. The molecule has 0 bridgehead atoms. The second-order valence-electron chi connectivity index (χ2n) is 3.79.